The highest BCUT2D eigenvalue weighted by Gasteiger charge is 2.09. The normalized spacial score (nSPS) is 11.2. The highest BCUT2D eigenvalue weighted by atomic mass is 16.5. The van der Waals surface area contributed by atoms with Crippen LogP contribution in [0.4, 0.5) is 0 Å². The molecule has 0 unspecified atom stereocenters. The fraction of sp³-hybridized carbons (Fsp3) is 0.308. The standard InChI is InChI=1S/C13H16O4/c1-8-5-10(16-3)7-12(17-4)11(8)6-9(2)13(14)15/h5-7H,1-4H3,(H,14,15). The molecule has 0 saturated heterocycles. The Bertz CT molecular complexity index is 461. The molecule has 0 aliphatic carbocycles. The van der Waals surface area contributed by atoms with E-state index in [2.05, 4.69) is 0 Å². The second kappa shape index (κ2) is 5.39. The minimum atomic E-state index is -0.942. The Morgan fingerprint density at radius 2 is 1.94 bits per heavy atom. The van der Waals surface area contributed by atoms with Crippen molar-refractivity contribution in [2.75, 3.05) is 14.2 Å². The Kier molecular flexibility index (Phi) is 4.15. The molecular weight excluding hydrogens is 220 g/mol. The topological polar surface area (TPSA) is 55.8 Å². The lowest BCUT2D eigenvalue weighted by molar-refractivity contribution is -0.132. The Morgan fingerprint density at radius 1 is 1.29 bits per heavy atom. The van der Waals surface area contributed by atoms with E-state index in [0.29, 0.717) is 11.5 Å². The van der Waals surface area contributed by atoms with Gasteiger partial charge in [0, 0.05) is 17.2 Å². The second-order valence-electron chi connectivity index (χ2n) is 3.69. The summed E-state index contributed by atoms with van der Waals surface area (Å²) < 4.78 is 10.4. The number of carboxylic acids is 1. The molecule has 0 aliphatic heterocycles. The first-order valence-corrected chi connectivity index (χ1v) is 5.13. The van der Waals surface area contributed by atoms with Crippen LogP contribution in [0.1, 0.15) is 18.1 Å². The molecule has 0 radical (unpaired) electrons. The number of carbonyl (C=O) groups is 1. The highest BCUT2D eigenvalue weighted by Crippen LogP contribution is 2.30. The van der Waals surface area contributed by atoms with Gasteiger partial charge >= 0.3 is 5.97 Å². The fourth-order valence-electron chi connectivity index (χ4n) is 1.48. The van der Waals surface area contributed by atoms with Crippen LogP contribution in [0.15, 0.2) is 17.7 Å². The number of hydrogen-bond acceptors (Lipinski definition) is 3. The zero-order chi connectivity index (χ0) is 13.0. The molecule has 4 heteroatoms. The second-order valence-corrected chi connectivity index (χ2v) is 3.69. The van der Waals surface area contributed by atoms with E-state index >= 15 is 0 Å². The molecule has 0 aliphatic rings. The van der Waals surface area contributed by atoms with E-state index in [-0.39, 0.29) is 5.57 Å². The average Bonchev–Trinajstić information content (AvgIpc) is 2.30. The third-order valence-corrected chi connectivity index (χ3v) is 2.48. The summed E-state index contributed by atoms with van der Waals surface area (Å²) in [5.74, 6) is 0.342. The van der Waals surface area contributed by atoms with Crippen LogP contribution >= 0.6 is 0 Å². The summed E-state index contributed by atoms with van der Waals surface area (Å²) in [7, 11) is 3.12. The number of aryl methyl sites for hydroxylation is 1. The van der Waals surface area contributed by atoms with Crippen molar-refractivity contribution in [3.63, 3.8) is 0 Å². The van der Waals surface area contributed by atoms with Crippen molar-refractivity contribution in [3.8, 4) is 11.5 Å². The molecule has 0 saturated carbocycles. The minimum Gasteiger partial charge on any atom is -0.497 e. The highest BCUT2D eigenvalue weighted by molar-refractivity contribution is 5.92. The molecule has 0 aromatic heterocycles. The third-order valence-electron chi connectivity index (χ3n) is 2.48. The number of carboxylic acid groups (broad SMARTS) is 1. The maximum Gasteiger partial charge on any atom is 0.331 e. The van der Waals surface area contributed by atoms with Crippen LogP contribution in [-0.2, 0) is 4.79 Å². The Morgan fingerprint density at radius 3 is 2.41 bits per heavy atom. The van der Waals surface area contributed by atoms with Crippen LogP contribution in [0.5, 0.6) is 11.5 Å². The first kappa shape index (κ1) is 13.1. The van der Waals surface area contributed by atoms with E-state index in [0.717, 1.165) is 11.1 Å². The predicted molar refractivity (Wildman–Crippen MR) is 65.6 cm³/mol. The molecule has 0 fully saturated rings. The van der Waals surface area contributed by atoms with Gasteiger partial charge in [-0.3, -0.25) is 0 Å². The Balaban J connectivity index is 3.32. The van der Waals surface area contributed by atoms with Gasteiger partial charge in [-0.2, -0.15) is 0 Å². The molecular formula is C13H16O4. The molecule has 1 aromatic carbocycles. The van der Waals surface area contributed by atoms with Gasteiger partial charge in [0.2, 0.25) is 0 Å². The van der Waals surface area contributed by atoms with Gasteiger partial charge in [0.05, 0.1) is 14.2 Å². The molecule has 1 aromatic rings. The van der Waals surface area contributed by atoms with E-state index in [1.165, 1.54) is 0 Å². The molecule has 0 bridgehead atoms. The van der Waals surface area contributed by atoms with Crippen LogP contribution in [0.25, 0.3) is 6.08 Å². The summed E-state index contributed by atoms with van der Waals surface area (Å²) in [5, 5.41) is 8.86. The number of aliphatic carboxylic acids is 1. The lowest BCUT2D eigenvalue weighted by Crippen LogP contribution is -1.98. The molecule has 1 rings (SSSR count). The van der Waals surface area contributed by atoms with Crippen LogP contribution in [0.3, 0.4) is 0 Å². The van der Waals surface area contributed by atoms with Gasteiger partial charge in [0.15, 0.2) is 0 Å². The largest absolute Gasteiger partial charge is 0.497 e. The maximum absolute atomic E-state index is 10.8. The molecule has 0 atom stereocenters. The molecule has 17 heavy (non-hydrogen) atoms. The lowest BCUT2D eigenvalue weighted by Gasteiger charge is -2.11. The van der Waals surface area contributed by atoms with Crippen molar-refractivity contribution in [1.29, 1.82) is 0 Å². The van der Waals surface area contributed by atoms with Crippen LogP contribution in [-0.4, -0.2) is 25.3 Å². The number of hydrogen-bond donors (Lipinski definition) is 1. The summed E-state index contributed by atoms with van der Waals surface area (Å²) in [5.41, 5.74) is 1.92. The van der Waals surface area contributed by atoms with Crippen molar-refractivity contribution >= 4 is 12.0 Å². The van der Waals surface area contributed by atoms with Crippen molar-refractivity contribution < 1.29 is 19.4 Å². The van der Waals surface area contributed by atoms with E-state index in [9.17, 15) is 4.79 Å². The van der Waals surface area contributed by atoms with E-state index in [1.54, 1.807) is 33.3 Å². The van der Waals surface area contributed by atoms with E-state index in [1.807, 2.05) is 13.0 Å². The summed E-state index contributed by atoms with van der Waals surface area (Å²) >= 11 is 0. The van der Waals surface area contributed by atoms with Crippen LogP contribution in [0, 0.1) is 6.92 Å². The zero-order valence-corrected chi connectivity index (χ0v) is 10.4. The Labute approximate surface area is 100 Å². The van der Waals surface area contributed by atoms with Gasteiger partial charge in [0.1, 0.15) is 11.5 Å². The van der Waals surface area contributed by atoms with Gasteiger partial charge in [-0.1, -0.05) is 0 Å². The quantitative estimate of drug-likeness (QED) is 0.816. The predicted octanol–water partition coefficient (Wildman–Crippen LogP) is 2.50. The van der Waals surface area contributed by atoms with Crippen molar-refractivity contribution in [2.45, 2.75) is 13.8 Å². The van der Waals surface area contributed by atoms with Crippen molar-refractivity contribution in [1.82, 2.24) is 0 Å². The lowest BCUT2D eigenvalue weighted by atomic mass is 10.0. The zero-order valence-electron chi connectivity index (χ0n) is 10.4. The fourth-order valence-corrected chi connectivity index (χ4v) is 1.48. The Hall–Kier alpha value is -1.97. The molecule has 0 heterocycles. The number of methoxy groups -OCH3 is 2. The van der Waals surface area contributed by atoms with Crippen molar-refractivity contribution in [2.24, 2.45) is 0 Å². The van der Waals surface area contributed by atoms with Gasteiger partial charge in [0.25, 0.3) is 0 Å². The summed E-state index contributed by atoms with van der Waals surface area (Å²) in [6, 6.07) is 3.57. The van der Waals surface area contributed by atoms with Gasteiger partial charge in [-0.05, 0) is 31.6 Å². The smallest absolute Gasteiger partial charge is 0.331 e. The molecule has 0 amide bonds. The monoisotopic (exact) mass is 236 g/mol. The number of rotatable bonds is 4. The maximum atomic E-state index is 10.8. The minimum absolute atomic E-state index is 0.261. The molecule has 0 spiro atoms. The SMILES string of the molecule is COc1cc(C)c(C=C(C)C(=O)O)c(OC)c1. The molecule has 1 N–H and O–H groups in total. The van der Waals surface area contributed by atoms with Gasteiger partial charge in [-0.25, -0.2) is 4.79 Å². The average molecular weight is 236 g/mol. The van der Waals surface area contributed by atoms with E-state index < -0.39 is 5.97 Å². The molecule has 92 valence electrons. The number of benzene rings is 1. The summed E-state index contributed by atoms with van der Waals surface area (Å²) in [6.07, 6.45) is 1.59. The third kappa shape index (κ3) is 3.00. The summed E-state index contributed by atoms with van der Waals surface area (Å²) in [6.45, 7) is 3.43. The van der Waals surface area contributed by atoms with Gasteiger partial charge < -0.3 is 14.6 Å². The number of ether oxygens (including phenoxy) is 2. The van der Waals surface area contributed by atoms with Gasteiger partial charge in [-0.15, -0.1) is 0 Å². The first-order chi connectivity index (χ1) is 7.99. The summed E-state index contributed by atoms with van der Waals surface area (Å²) in [4.78, 5) is 10.8. The molecule has 4 nitrogen and oxygen atoms in total. The van der Waals surface area contributed by atoms with Crippen LogP contribution < -0.4 is 9.47 Å². The van der Waals surface area contributed by atoms with E-state index in [4.69, 9.17) is 14.6 Å². The van der Waals surface area contributed by atoms with Crippen LogP contribution in [0.2, 0.25) is 0 Å². The van der Waals surface area contributed by atoms with Crippen molar-refractivity contribution in [3.05, 3.63) is 28.8 Å². The first-order valence-electron chi connectivity index (χ1n) is 5.13.